The lowest BCUT2D eigenvalue weighted by molar-refractivity contribution is 0.505. The van der Waals surface area contributed by atoms with Gasteiger partial charge in [-0.1, -0.05) is 12.1 Å². The molecule has 2 nitrogen and oxygen atoms in total. The van der Waals surface area contributed by atoms with Crippen molar-refractivity contribution in [2.45, 2.75) is 18.9 Å². The Morgan fingerprint density at radius 3 is 2.86 bits per heavy atom. The first-order chi connectivity index (χ1) is 6.77. The van der Waals surface area contributed by atoms with E-state index in [1.165, 1.54) is 22.1 Å². The second kappa shape index (κ2) is 4.49. The van der Waals surface area contributed by atoms with Gasteiger partial charge in [-0.2, -0.15) is 0 Å². The van der Waals surface area contributed by atoms with E-state index in [-0.39, 0.29) is 0 Å². The van der Waals surface area contributed by atoms with Gasteiger partial charge in [0.15, 0.2) is 0 Å². The molecule has 0 spiro atoms. The van der Waals surface area contributed by atoms with Crippen LogP contribution in [0, 0.1) is 3.57 Å². The number of nitrogens with two attached hydrogens (primary N) is 1. The number of rotatable bonds is 1. The van der Waals surface area contributed by atoms with Crippen LogP contribution in [0.2, 0.25) is 0 Å². The minimum absolute atomic E-state index is 0.347. The van der Waals surface area contributed by atoms with Crippen molar-refractivity contribution in [2.24, 2.45) is 5.73 Å². The van der Waals surface area contributed by atoms with Crippen LogP contribution in [0.1, 0.15) is 12.8 Å². The summed E-state index contributed by atoms with van der Waals surface area (Å²) >= 11 is 2.39. The molecule has 1 heterocycles. The van der Waals surface area contributed by atoms with Crippen molar-refractivity contribution in [3.8, 4) is 0 Å². The van der Waals surface area contributed by atoms with Crippen molar-refractivity contribution in [2.75, 3.05) is 18.0 Å². The maximum atomic E-state index is 5.97. The van der Waals surface area contributed by atoms with Gasteiger partial charge in [-0.15, -0.1) is 0 Å². The molecule has 1 fully saturated rings. The van der Waals surface area contributed by atoms with Crippen LogP contribution in [0.5, 0.6) is 0 Å². The maximum Gasteiger partial charge on any atom is 0.0502 e. The van der Waals surface area contributed by atoms with Crippen molar-refractivity contribution in [3.63, 3.8) is 0 Å². The summed E-state index contributed by atoms with van der Waals surface area (Å²) < 4.78 is 1.32. The number of hydrogen-bond donors (Lipinski definition) is 1. The molecule has 1 unspecified atom stereocenters. The predicted octanol–water partition coefficient (Wildman–Crippen LogP) is 2.22. The van der Waals surface area contributed by atoms with Crippen LogP contribution in [0.25, 0.3) is 0 Å². The highest BCUT2D eigenvalue weighted by Crippen LogP contribution is 2.24. The lowest BCUT2D eigenvalue weighted by Crippen LogP contribution is -2.43. The van der Waals surface area contributed by atoms with Gasteiger partial charge in [0.25, 0.3) is 0 Å². The molecule has 0 amide bonds. The minimum atomic E-state index is 0.347. The zero-order valence-electron chi connectivity index (χ0n) is 8.12. The molecule has 1 aromatic carbocycles. The summed E-state index contributed by atoms with van der Waals surface area (Å²) in [5.74, 6) is 0. The number of anilines is 1. The molecular weight excluding hydrogens is 287 g/mol. The third-order valence-corrected chi connectivity index (χ3v) is 3.56. The van der Waals surface area contributed by atoms with E-state index in [9.17, 15) is 0 Å². The Morgan fingerprint density at radius 2 is 2.14 bits per heavy atom. The average molecular weight is 302 g/mol. The SMILES string of the molecule is NC1CCCN(c2ccccc2I)C1. The highest BCUT2D eigenvalue weighted by atomic mass is 127. The summed E-state index contributed by atoms with van der Waals surface area (Å²) in [4.78, 5) is 2.40. The smallest absolute Gasteiger partial charge is 0.0502 e. The lowest BCUT2D eigenvalue weighted by atomic mass is 10.1. The third-order valence-electron chi connectivity index (χ3n) is 2.65. The van der Waals surface area contributed by atoms with Crippen LogP contribution in [0.4, 0.5) is 5.69 Å². The standard InChI is InChI=1S/C11H15IN2/c12-10-5-1-2-6-11(10)14-7-3-4-9(13)8-14/h1-2,5-6,9H,3-4,7-8,13H2. The zero-order valence-corrected chi connectivity index (χ0v) is 10.3. The van der Waals surface area contributed by atoms with Crippen LogP contribution in [0.3, 0.4) is 0 Å². The fraction of sp³-hybridized carbons (Fsp3) is 0.455. The summed E-state index contributed by atoms with van der Waals surface area (Å²) in [7, 11) is 0. The van der Waals surface area contributed by atoms with Gasteiger partial charge in [0.2, 0.25) is 0 Å². The van der Waals surface area contributed by atoms with Crippen molar-refractivity contribution >= 4 is 28.3 Å². The normalized spacial score (nSPS) is 22.4. The van der Waals surface area contributed by atoms with Crippen LogP contribution in [0.15, 0.2) is 24.3 Å². The molecule has 1 aromatic rings. The number of para-hydroxylation sites is 1. The van der Waals surface area contributed by atoms with Crippen molar-refractivity contribution in [1.29, 1.82) is 0 Å². The average Bonchev–Trinajstić information content (AvgIpc) is 2.18. The topological polar surface area (TPSA) is 29.3 Å². The second-order valence-electron chi connectivity index (χ2n) is 3.80. The predicted molar refractivity (Wildman–Crippen MR) is 68.6 cm³/mol. The van der Waals surface area contributed by atoms with Crippen LogP contribution in [-0.4, -0.2) is 19.1 Å². The Morgan fingerprint density at radius 1 is 1.36 bits per heavy atom. The Labute approximate surface area is 98.6 Å². The molecule has 0 radical (unpaired) electrons. The van der Waals surface area contributed by atoms with Crippen molar-refractivity contribution in [3.05, 3.63) is 27.8 Å². The minimum Gasteiger partial charge on any atom is -0.369 e. The molecule has 0 bridgehead atoms. The zero-order chi connectivity index (χ0) is 9.97. The van der Waals surface area contributed by atoms with Gasteiger partial charge in [0.05, 0.1) is 5.69 Å². The molecule has 2 rings (SSSR count). The molecule has 1 aliphatic heterocycles. The van der Waals surface area contributed by atoms with Crippen LogP contribution < -0.4 is 10.6 Å². The molecule has 1 saturated heterocycles. The molecule has 2 N–H and O–H groups in total. The number of halogens is 1. The van der Waals surface area contributed by atoms with E-state index < -0.39 is 0 Å². The number of nitrogens with zero attached hydrogens (tertiary/aromatic N) is 1. The molecular formula is C11H15IN2. The Kier molecular flexibility index (Phi) is 3.28. The van der Waals surface area contributed by atoms with E-state index >= 15 is 0 Å². The fourth-order valence-corrected chi connectivity index (χ4v) is 2.67. The fourth-order valence-electron chi connectivity index (χ4n) is 1.94. The van der Waals surface area contributed by atoms with Gasteiger partial charge in [0.1, 0.15) is 0 Å². The first-order valence-corrected chi connectivity index (χ1v) is 6.10. The Hall–Kier alpha value is -0.290. The van der Waals surface area contributed by atoms with Crippen LogP contribution in [-0.2, 0) is 0 Å². The summed E-state index contributed by atoms with van der Waals surface area (Å²) in [5, 5.41) is 0. The van der Waals surface area contributed by atoms with E-state index in [4.69, 9.17) is 5.73 Å². The molecule has 0 aliphatic carbocycles. The van der Waals surface area contributed by atoms with E-state index in [1.807, 2.05) is 0 Å². The first-order valence-electron chi connectivity index (χ1n) is 5.02. The number of hydrogen-bond acceptors (Lipinski definition) is 2. The summed E-state index contributed by atoms with van der Waals surface area (Å²) in [6.07, 6.45) is 2.38. The van der Waals surface area contributed by atoms with E-state index in [0.717, 1.165) is 13.1 Å². The maximum absolute atomic E-state index is 5.97. The van der Waals surface area contributed by atoms with Gasteiger partial charge in [0, 0.05) is 22.7 Å². The highest BCUT2D eigenvalue weighted by Gasteiger charge is 2.17. The van der Waals surface area contributed by atoms with Crippen molar-refractivity contribution < 1.29 is 0 Å². The molecule has 0 saturated carbocycles. The van der Waals surface area contributed by atoms with E-state index in [0.29, 0.717) is 6.04 Å². The molecule has 76 valence electrons. The monoisotopic (exact) mass is 302 g/mol. The lowest BCUT2D eigenvalue weighted by Gasteiger charge is -2.33. The number of benzene rings is 1. The molecule has 14 heavy (non-hydrogen) atoms. The molecule has 0 aromatic heterocycles. The van der Waals surface area contributed by atoms with Gasteiger partial charge < -0.3 is 10.6 Å². The van der Waals surface area contributed by atoms with E-state index in [1.54, 1.807) is 0 Å². The highest BCUT2D eigenvalue weighted by molar-refractivity contribution is 14.1. The van der Waals surface area contributed by atoms with Gasteiger partial charge >= 0.3 is 0 Å². The van der Waals surface area contributed by atoms with Crippen LogP contribution >= 0.6 is 22.6 Å². The molecule has 3 heteroatoms. The summed E-state index contributed by atoms with van der Waals surface area (Å²) in [6.45, 7) is 2.15. The Bertz CT molecular complexity index is 314. The Balaban J connectivity index is 2.18. The summed E-state index contributed by atoms with van der Waals surface area (Å²) in [5.41, 5.74) is 7.30. The van der Waals surface area contributed by atoms with Gasteiger partial charge in [-0.25, -0.2) is 0 Å². The quantitative estimate of drug-likeness (QED) is 0.806. The second-order valence-corrected chi connectivity index (χ2v) is 4.96. The summed E-state index contributed by atoms with van der Waals surface area (Å²) in [6, 6.07) is 8.85. The third kappa shape index (κ3) is 2.20. The molecule has 1 aliphatic rings. The van der Waals surface area contributed by atoms with Crippen molar-refractivity contribution in [1.82, 2.24) is 0 Å². The van der Waals surface area contributed by atoms with E-state index in [2.05, 4.69) is 51.8 Å². The number of piperidine rings is 1. The largest absolute Gasteiger partial charge is 0.369 e. The van der Waals surface area contributed by atoms with Gasteiger partial charge in [-0.05, 0) is 47.6 Å². The molecule has 1 atom stereocenters. The first kappa shape index (κ1) is 10.2. The van der Waals surface area contributed by atoms with Gasteiger partial charge in [-0.3, -0.25) is 0 Å².